The summed E-state index contributed by atoms with van der Waals surface area (Å²) in [6.45, 7) is 0. The lowest BCUT2D eigenvalue weighted by Crippen LogP contribution is -2.19. The van der Waals surface area contributed by atoms with Crippen molar-refractivity contribution in [1.82, 2.24) is 0 Å². The monoisotopic (exact) mass is 393 g/mol. The van der Waals surface area contributed by atoms with Crippen LogP contribution in [0, 0.1) is 0 Å². The summed E-state index contributed by atoms with van der Waals surface area (Å²) in [7, 11) is 0. The summed E-state index contributed by atoms with van der Waals surface area (Å²) in [5.41, 5.74) is 1.68. The lowest BCUT2D eigenvalue weighted by Gasteiger charge is -2.22. The number of allylic oxidation sites excluding steroid dienone is 2. The molecule has 6 heteroatoms. The van der Waals surface area contributed by atoms with E-state index in [2.05, 4.69) is 4.99 Å². The Hall–Kier alpha value is -1.81. The van der Waals surface area contributed by atoms with Crippen molar-refractivity contribution in [3.8, 4) is 0 Å². The molecule has 2 aromatic rings. The smallest absolute Gasteiger partial charge is 0.168 e. The van der Waals surface area contributed by atoms with Crippen LogP contribution in [0.25, 0.3) is 0 Å². The average molecular weight is 395 g/mol. The minimum atomic E-state index is -0.155. The molecule has 1 aliphatic carbocycles. The van der Waals surface area contributed by atoms with Crippen LogP contribution in [0.2, 0.25) is 15.1 Å². The molecule has 0 saturated heterocycles. The van der Waals surface area contributed by atoms with Crippen molar-refractivity contribution in [2.24, 2.45) is 4.99 Å². The van der Waals surface area contributed by atoms with Crippen LogP contribution in [-0.4, -0.2) is 17.1 Å². The molecular weight excluding hydrogens is 381 g/mol. The quantitative estimate of drug-likeness (QED) is 0.620. The second-order valence-electron chi connectivity index (χ2n) is 5.79. The van der Waals surface area contributed by atoms with E-state index in [1.165, 1.54) is 6.21 Å². The normalized spacial score (nSPS) is 18.2. The Labute approximate surface area is 160 Å². The number of hydrogen-bond donors (Lipinski definition) is 1. The van der Waals surface area contributed by atoms with E-state index >= 15 is 0 Å². The molecule has 1 atom stereocenters. The van der Waals surface area contributed by atoms with Crippen molar-refractivity contribution in [2.75, 3.05) is 0 Å². The number of hydrogen-bond acceptors (Lipinski definition) is 3. The lowest BCUT2D eigenvalue weighted by atomic mass is 9.83. The summed E-state index contributed by atoms with van der Waals surface area (Å²) in [5, 5.41) is 11.8. The van der Waals surface area contributed by atoms with E-state index in [0.717, 1.165) is 5.56 Å². The first-order valence-electron chi connectivity index (χ1n) is 7.64. The SMILES string of the molecule is O=C1CC(c2ccc(Cl)cc2)CC(O)=C1C=Nc1ccc(Cl)cc1Cl. The Morgan fingerprint density at radius 1 is 1.00 bits per heavy atom. The maximum absolute atomic E-state index is 12.4. The van der Waals surface area contributed by atoms with Crippen molar-refractivity contribution >= 4 is 52.5 Å². The third kappa shape index (κ3) is 4.24. The lowest BCUT2D eigenvalue weighted by molar-refractivity contribution is -0.116. The van der Waals surface area contributed by atoms with Gasteiger partial charge in [0, 0.05) is 29.1 Å². The molecule has 0 aromatic heterocycles. The van der Waals surface area contributed by atoms with Crippen molar-refractivity contribution in [2.45, 2.75) is 18.8 Å². The first kappa shape index (κ1) is 18.0. The zero-order valence-corrected chi connectivity index (χ0v) is 15.3. The summed E-state index contributed by atoms with van der Waals surface area (Å²) < 4.78 is 0. The Balaban J connectivity index is 1.82. The minimum absolute atomic E-state index is 0.0324. The van der Waals surface area contributed by atoms with E-state index in [4.69, 9.17) is 34.8 Å². The summed E-state index contributed by atoms with van der Waals surface area (Å²) >= 11 is 17.8. The molecule has 0 saturated carbocycles. The highest BCUT2D eigenvalue weighted by atomic mass is 35.5. The fourth-order valence-electron chi connectivity index (χ4n) is 2.75. The zero-order valence-electron chi connectivity index (χ0n) is 13.0. The van der Waals surface area contributed by atoms with Crippen LogP contribution >= 0.6 is 34.8 Å². The van der Waals surface area contributed by atoms with Gasteiger partial charge in [-0.2, -0.15) is 0 Å². The number of rotatable bonds is 3. The van der Waals surface area contributed by atoms with E-state index in [-0.39, 0.29) is 23.0 Å². The summed E-state index contributed by atoms with van der Waals surface area (Å²) in [6.07, 6.45) is 2.05. The summed E-state index contributed by atoms with van der Waals surface area (Å²) in [4.78, 5) is 16.6. The fraction of sp³-hybridized carbons (Fsp3) is 0.158. The first-order chi connectivity index (χ1) is 11.9. The number of Topliss-reactive ketones (excluding diaryl/α,β-unsaturated/α-hetero) is 1. The Bertz CT molecular complexity index is 873. The molecule has 2 aromatic carbocycles. The molecule has 0 bridgehead atoms. The van der Waals surface area contributed by atoms with Gasteiger partial charge in [-0.1, -0.05) is 46.9 Å². The molecule has 0 radical (unpaired) electrons. The molecular formula is C19H14Cl3NO2. The van der Waals surface area contributed by atoms with Gasteiger partial charge in [-0.3, -0.25) is 9.79 Å². The second-order valence-corrected chi connectivity index (χ2v) is 7.07. The van der Waals surface area contributed by atoms with Crippen LogP contribution in [0.5, 0.6) is 0 Å². The highest BCUT2D eigenvalue weighted by Gasteiger charge is 2.27. The van der Waals surface area contributed by atoms with Gasteiger partial charge in [0.15, 0.2) is 5.78 Å². The van der Waals surface area contributed by atoms with Gasteiger partial charge in [0.05, 0.1) is 16.3 Å². The average Bonchev–Trinajstić information content (AvgIpc) is 2.56. The van der Waals surface area contributed by atoms with Crippen molar-refractivity contribution in [1.29, 1.82) is 0 Å². The topological polar surface area (TPSA) is 49.7 Å². The number of carbonyl (C=O) groups is 1. The number of halogens is 3. The third-order valence-corrected chi connectivity index (χ3v) is 4.86. The molecule has 25 heavy (non-hydrogen) atoms. The first-order valence-corrected chi connectivity index (χ1v) is 8.77. The van der Waals surface area contributed by atoms with Crippen LogP contribution in [0.4, 0.5) is 5.69 Å². The van der Waals surface area contributed by atoms with Crippen LogP contribution in [0.3, 0.4) is 0 Å². The van der Waals surface area contributed by atoms with Gasteiger partial charge in [0.2, 0.25) is 0 Å². The molecule has 1 N–H and O–H groups in total. The van der Waals surface area contributed by atoms with Gasteiger partial charge < -0.3 is 5.11 Å². The number of aliphatic hydroxyl groups excluding tert-OH is 1. The molecule has 0 amide bonds. The molecule has 1 unspecified atom stereocenters. The molecule has 0 heterocycles. The molecule has 3 nitrogen and oxygen atoms in total. The predicted octanol–water partition coefficient (Wildman–Crippen LogP) is 6.31. The van der Waals surface area contributed by atoms with E-state index in [1.54, 1.807) is 30.3 Å². The van der Waals surface area contributed by atoms with Gasteiger partial charge in [0.25, 0.3) is 0 Å². The standard InChI is InChI=1S/C19H14Cl3NO2/c20-13-3-1-11(2-4-13)12-7-18(24)15(19(25)8-12)10-23-17-6-5-14(21)9-16(17)22/h1-6,9-10,12,24H,7-8H2. The van der Waals surface area contributed by atoms with E-state index in [9.17, 15) is 9.90 Å². The molecule has 3 rings (SSSR count). The van der Waals surface area contributed by atoms with Crippen molar-refractivity contribution in [3.63, 3.8) is 0 Å². The molecule has 0 spiro atoms. The Kier molecular flexibility index (Phi) is 5.48. The van der Waals surface area contributed by atoms with E-state index in [0.29, 0.717) is 33.6 Å². The molecule has 1 aliphatic rings. The van der Waals surface area contributed by atoms with Crippen LogP contribution in [-0.2, 0) is 4.79 Å². The molecule has 0 fully saturated rings. The molecule has 0 aliphatic heterocycles. The largest absolute Gasteiger partial charge is 0.511 e. The van der Waals surface area contributed by atoms with E-state index < -0.39 is 0 Å². The van der Waals surface area contributed by atoms with Crippen LogP contribution in [0.1, 0.15) is 24.3 Å². The van der Waals surface area contributed by atoms with Crippen molar-refractivity contribution < 1.29 is 9.90 Å². The Morgan fingerprint density at radius 2 is 1.68 bits per heavy atom. The molecule has 128 valence electrons. The zero-order chi connectivity index (χ0) is 18.0. The van der Waals surface area contributed by atoms with Crippen LogP contribution < -0.4 is 0 Å². The highest BCUT2D eigenvalue weighted by molar-refractivity contribution is 6.36. The maximum Gasteiger partial charge on any atom is 0.168 e. The summed E-state index contributed by atoms with van der Waals surface area (Å²) in [5.74, 6) is -0.191. The number of carbonyl (C=O) groups excluding carboxylic acids is 1. The maximum atomic E-state index is 12.4. The number of benzene rings is 2. The number of ketones is 1. The van der Waals surface area contributed by atoms with Gasteiger partial charge in [0.1, 0.15) is 5.76 Å². The number of aliphatic imine (C=N–C) groups is 1. The van der Waals surface area contributed by atoms with Crippen LogP contribution in [0.15, 0.2) is 58.8 Å². The summed E-state index contributed by atoms with van der Waals surface area (Å²) in [6, 6.07) is 12.2. The van der Waals surface area contributed by atoms with Gasteiger partial charge in [-0.25, -0.2) is 0 Å². The minimum Gasteiger partial charge on any atom is -0.511 e. The Morgan fingerprint density at radius 3 is 2.32 bits per heavy atom. The highest BCUT2D eigenvalue weighted by Crippen LogP contribution is 2.34. The van der Waals surface area contributed by atoms with Crippen molar-refractivity contribution in [3.05, 3.63) is 74.4 Å². The number of aliphatic hydroxyl groups is 1. The fourth-order valence-corrected chi connectivity index (χ4v) is 3.33. The van der Waals surface area contributed by atoms with Gasteiger partial charge in [-0.05, 0) is 41.8 Å². The second kappa shape index (κ2) is 7.61. The van der Waals surface area contributed by atoms with Gasteiger partial charge >= 0.3 is 0 Å². The third-order valence-electron chi connectivity index (χ3n) is 4.07. The van der Waals surface area contributed by atoms with Gasteiger partial charge in [-0.15, -0.1) is 0 Å². The predicted molar refractivity (Wildman–Crippen MR) is 103 cm³/mol. The van der Waals surface area contributed by atoms with E-state index in [1.807, 2.05) is 12.1 Å². The number of nitrogens with zero attached hydrogens (tertiary/aromatic N) is 1.